The quantitative estimate of drug-likeness (QED) is 0.877. The zero-order chi connectivity index (χ0) is 15.2. The van der Waals surface area contributed by atoms with Crippen molar-refractivity contribution in [2.24, 2.45) is 5.92 Å². The zero-order valence-electron chi connectivity index (χ0n) is 12.1. The van der Waals surface area contributed by atoms with Crippen molar-refractivity contribution >= 4 is 34.5 Å². The van der Waals surface area contributed by atoms with Gasteiger partial charge in [0.25, 0.3) is 5.91 Å². The Morgan fingerprint density at radius 2 is 1.71 bits per heavy atom. The topological polar surface area (TPSA) is 58.2 Å². The first-order valence-corrected chi connectivity index (χ1v) is 7.74. The highest BCUT2D eigenvalue weighted by Gasteiger charge is 2.11. The Balaban J connectivity index is 1.96. The molecule has 0 radical (unpaired) electrons. The summed E-state index contributed by atoms with van der Waals surface area (Å²) in [6.45, 7) is 3.87. The number of thiophene rings is 1. The van der Waals surface area contributed by atoms with E-state index in [1.54, 1.807) is 30.3 Å². The van der Waals surface area contributed by atoms with E-state index in [0.29, 0.717) is 10.6 Å². The van der Waals surface area contributed by atoms with Crippen LogP contribution in [0.4, 0.5) is 11.4 Å². The van der Waals surface area contributed by atoms with Crippen LogP contribution in [0.3, 0.4) is 0 Å². The summed E-state index contributed by atoms with van der Waals surface area (Å²) in [7, 11) is 0. The standard InChI is InChI=1S/C16H18N2O2S/c1-3-11(2)15(19)17-12-6-8-13(9-7-12)18-16(20)14-5-4-10-21-14/h4-11H,3H2,1-2H3,(H,17,19)(H,18,20). The number of nitrogens with one attached hydrogen (secondary N) is 2. The van der Waals surface area contributed by atoms with Gasteiger partial charge in [0.15, 0.2) is 0 Å². The van der Waals surface area contributed by atoms with E-state index in [-0.39, 0.29) is 17.7 Å². The van der Waals surface area contributed by atoms with E-state index in [0.717, 1.165) is 12.1 Å². The molecule has 0 aliphatic rings. The van der Waals surface area contributed by atoms with Crippen LogP contribution in [0.1, 0.15) is 29.9 Å². The van der Waals surface area contributed by atoms with E-state index < -0.39 is 0 Å². The van der Waals surface area contributed by atoms with Gasteiger partial charge in [-0.05, 0) is 42.1 Å². The summed E-state index contributed by atoms with van der Waals surface area (Å²) in [5.41, 5.74) is 1.43. The van der Waals surface area contributed by atoms with Crippen molar-refractivity contribution in [3.63, 3.8) is 0 Å². The van der Waals surface area contributed by atoms with E-state index in [4.69, 9.17) is 0 Å². The minimum Gasteiger partial charge on any atom is -0.326 e. The number of hydrogen-bond donors (Lipinski definition) is 2. The molecule has 0 aliphatic carbocycles. The molecule has 0 saturated heterocycles. The summed E-state index contributed by atoms with van der Waals surface area (Å²) in [5.74, 6) is -0.127. The lowest BCUT2D eigenvalue weighted by atomic mass is 10.1. The summed E-state index contributed by atoms with van der Waals surface area (Å²) in [6, 6.07) is 10.7. The molecule has 1 heterocycles. The lowest BCUT2D eigenvalue weighted by Crippen LogP contribution is -2.19. The first-order chi connectivity index (χ1) is 10.1. The molecular formula is C16H18N2O2S. The molecule has 2 aromatic rings. The van der Waals surface area contributed by atoms with Gasteiger partial charge in [0.1, 0.15) is 0 Å². The van der Waals surface area contributed by atoms with Crippen LogP contribution in [-0.4, -0.2) is 11.8 Å². The lowest BCUT2D eigenvalue weighted by Gasteiger charge is -2.10. The van der Waals surface area contributed by atoms with Crippen molar-refractivity contribution in [3.05, 3.63) is 46.7 Å². The first-order valence-electron chi connectivity index (χ1n) is 6.86. The van der Waals surface area contributed by atoms with Gasteiger partial charge in [0, 0.05) is 17.3 Å². The van der Waals surface area contributed by atoms with Gasteiger partial charge >= 0.3 is 0 Å². The molecule has 21 heavy (non-hydrogen) atoms. The van der Waals surface area contributed by atoms with Gasteiger partial charge in [-0.25, -0.2) is 0 Å². The molecule has 5 heteroatoms. The lowest BCUT2D eigenvalue weighted by molar-refractivity contribution is -0.119. The van der Waals surface area contributed by atoms with Crippen molar-refractivity contribution in [1.82, 2.24) is 0 Å². The molecule has 4 nitrogen and oxygen atoms in total. The smallest absolute Gasteiger partial charge is 0.265 e. The Morgan fingerprint density at radius 3 is 2.24 bits per heavy atom. The van der Waals surface area contributed by atoms with E-state index in [1.165, 1.54) is 11.3 Å². The van der Waals surface area contributed by atoms with Crippen LogP contribution >= 0.6 is 11.3 Å². The van der Waals surface area contributed by atoms with Crippen LogP contribution in [0.25, 0.3) is 0 Å². The number of hydrogen-bond acceptors (Lipinski definition) is 3. The Labute approximate surface area is 128 Å². The van der Waals surface area contributed by atoms with Crippen molar-refractivity contribution in [3.8, 4) is 0 Å². The maximum Gasteiger partial charge on any atom is 0.265 e. The molecule has 0 bridgehead atoms. The largest absolute Gasteiger partial charge is 0.326 e. The third-order valence-corrected chi connectivity index (χ3v) is 4.08. The number of benzene rings is 1. The monoisotopic (exact) mass is 302 g/mol. The van der Waals surface area contributed by atoms with Crippen LogP contribution in [-0.2, 0) is 4.79 Å². The fourth-order valence-corrected chi connectivity index (χ4v) is 2.31. The number of amides is 2. The fraction of sp³-hybridized carbons (Fsp3) is 0.250. The second kappa shape index (κ2) is 7.04. The van der Waals surface area contributed by atoms with Crippen LogP contribution in [0.15, 0.2) is 41.8 Å². The van der Waals surface area contributed by atoms with Gasteiger partial charge in [-0.2, -0.15) is 0 Å². The molecule has 0 saturated carbocycles. The summed E-state index contributed by atoms with van der Waals surface area (Å²) >= 11 is 1.40. The molecule has 0 aliphatic heterocycles. The zero-order valence-corrected chi connectivity index (χ0v) is 12.9. The van der Waals surface area contributed by atoms with Gasteiger partial charge in [-0.1, -0.05) is 19.9 Å². The molecule has 1 aromatic carbocycles. The fourth-order valence-electron chi connectivity index (χ4n) is 1.69. The molecule has 1 aromatic heterocycles. The summed E-state index contributed by atoms with van der Waals surface area (Å²) in [4.78, 5) is 24.3. The highest BCUT2D eigenvalue weighted by molar-refractivity contribution is 7.12. The number of anilines is 2. The van der Waals surface area contributed by atoms with Crippen LogP contribution in [0.5, 0.6) is 0 Å². The van der Waals surface area contributed by atoms with Crippen molar-refractivity contribution in [2.45, 2.75) is 20.3 Å². The molecule has 2 amide bonds. The molecule has 1 unspecified atom stereocenters. The summed E-state index contributed by atoms with van der Waals surface area (Å²) in [6.07, 6.45) is 0.806. The predicted molar refractivity (Wildman–Crippen MR) is 86.8 cm³/mol. The number of carbonyl (C=O) groups is 2. The summed E-state index contributed by atoms with van der Waals surface area (Å²) in [5, 5.41) is 7.53. The second-order valence-corrected chi connectivity index (χ2v) is 5.76. The average Bonchev–Trinajstić information content (AvgIpc) is 3.02. The second-order valence-electron chi connectivity index (χ2n) is 4.81. The highest BCUT2D eigenvalue weighted by atomic mass is 32.1. The maximum absolute atomic E-state index is 11.9. The van der Waals surface area contributed by atoms with Crippen LogP contribution in [0.2, 0.25) is 0 Å². The summed E-state index contributed by atoms with van der Waals surface area (Å²) < 4.78 is 0. The van der Waals surface area contributed by atoms with Crippen molar-refractivity contribution in [1.29, 1.82) is 0 Å². The van der Waals surface area contributed by atoms with Gasteiger partial charge in [0.05, 0.1) is 4.88 Å². The Kier molecular flexibility index (Phi) is 5.11. The number of carbonyl (C=O) groups excluding carboxylic acids is 2. The SMILES string of the molecule is CCC(C)C(=O)Nc1ccc(NC(=O)c2cccs2)cc1. The third kappa shape index (κ3) is 4.16. The Hall–Kier alpha value is -2.14. The van der Waals surface area contributed by atoms with Gasteiger partial charge in [0.2, 0.25) is 5.91 Å². The van der Waals surface area contributed by atoms with Crippen molar-refractivity contribution < 1.29 is 9.59 Å². The average molecular weight is 302 g/mol. The maximum atomic E-state index is 11.9. The van der Waals surface area contributed by atoms with E-state index in [1.807, 2.05) is 25.3 Å². The molecule has 0 fully saturated rings. The Bertz CT molecular complexity index is 606. The molecular weight excluding hydrogens is 284 g/mol. The van der Waals surface area contributed by atoms with Gasteiger partial charge in [-0.3, -0.25) is 9.59 Å². The molecule has 1 atom stereocenters. The minimum atomic E-state index is -0.124. The number of rotatable bonds is 5. The van der Waals surface area contributed by atoms with Gasteiger partial charge < -0.3 is 10.6 Å². The third-order valence-electron chi connectivity index (χ3n) is 3.22. The molecule has 2 N–H and O–H groups in total. The predicted octanol–water partition coefficient (Wildman–Crippen LogP) is 3.99. The molecule has 110 valence electrons. The van der Waals surface area contributed by atoms with Crippen LogP contribution < -0.4 is 10.6 Å². The minimum absolute atomic E-state index is 0.00729. The normalized spacial score (nSPS) is 11.7. The molecule has 2 rings (SSSR count). The highest BCUT2D eigenvalue weighted by Crippen LogP contribution is 2.17. The van der Waals surface area contributed by atoms with Crippen molar-refractivity contribution in [2.75, 3.05) is 10.6 Å². The van der Waals surface area contributed by atoms with E-state index in [2.05, 4.69) is 10.6 Å². The van der Waals surface area contributed by atoms with Gasteiger partial charge in [-0.15, -0.1) is 11.3 Å². The van der Waals surface area contributed by atoms with E-state index >= 15 is 0 Å². The first kappa shape index (κ1) is 15.3. The van der Waals surface area contributed by atoms with E-state index in [9.17, 15) is 9.59 Å². The molecule has 0 spiro atoms. The van der Waals surface area contributed by atoms with Crippen LogP contribution in [0, 0.1) is 5.92 Å². The Morgan fingerprint density at radius 1 is 1.10 bits per heavy atom.